The molecule has 76 valence electrons. The van der Waals surface area contributed by atoms with Gasteiger partial charge in [0.25, 0.3) is 0 Å². The highest BCUT2D eigenvalue weighted by atomic mass is 32.1. The Balaban J connectivity index is 3.26. The number of nitrogens with zero attached hydrogens (tertiary/aromatic N) is 3. The molecule has 0 aliphatic rings. The molecule has 1 aromatic heterocycles. The number of hydrogen-bond acceptors (Lipinski definition) is 6. The van der Waals surface area contributed by atoms with Gasteiger partial charge in [-0.2, -0.15) is 0 Å². The van der Waals surface area contributed by atoms with Gasteiger partial charge in [0.15, 0.2) is 5.00 Å². The summed E-state index contributed by atoms with van der Waals surface area (Å²) in [6.07, 6.45) is 0. The van der Waals surface area contributed by atoms with E-state index in [4.69, 9.17) is 0 Å². The van der Waals surface area contributed by atoms with Gasteiger partial charge in [-0.15, -0.1) is 0 Å². The first-order chi connectivity index (χ1) is 6.43. The van der Waals surface area contributed by atoms with E-state index >= 15 is 0 Å². The summed E-state index contributed by atoms with van der Waals surface area (Å²) in [4.78, 5) is 21.1. The minimum absolute atomic E-state index is 0.222. The third-order valence-corrected chi connectivity index (χ3v) is 2.71. The predicted molar refractivity (Wildman–Crippen MR) is 52.0 cm³/mol. The van der Waals surface area contributed by atoms with E-state index in [0.717, 1.165) is 17.4 Å². The highest BCUT2D eigenvalue weighted by Gasteiger charge is 2.25. The van der Waals surface area contributed by atoms with Gasteiger partial charge in [0, 0.05) is 14.1 Å². The predicted octanol–water partition coefficient (Wildman–Crippen LogP) is 1.63. The van der Waals surface area contributed by atoms with E-state index in [1.54, 1.807) is 14.1 Å². The number of hydrogen-bond donors (Lipinski definition) is 0. The Labute approximate surface area is 82.9 Å². The summed E-state index contributed by atoms with van der Waals surface area (Å²) in [7, 11) is 3.20. The van der Waals surface area contributed by atoms with E-state index < -0.39 is 9.85 Å². The Bertz CT molecular complexity index is 386. The van der Waals surface area contributed by atoms with Gasteiger partial charge in [0.05, 0.1) is 9.85 Å². The molecule has 0 atom stereocenters. The first-order valence-electron chi connectivity index (χ1n) is 3.53. The van der Waals surface area contributed by atoms with Crippen molar-refractivity contribution in [2.24, 2.45) is 0 Å². The van der Waals surface area contributed by atoms with Crippen molar-refractivity contribution in [1.29, 1.82) is 0 Å². The molecule has 0 aliphatic carbocycles. The Morgan fingerprint density at radius 3 is 2.14 bits per heavy atom. The lowest BCUT2D eigenvalue weighted by Crippen LogP contribution is -2.08. The summed E-state index contributed by atoms with van der Waals surface area (Å²) in [5.41, 5.74) is -0.230. The van der Waals surface area contributed by atoms with Gasteiger partial charge in [0.2, 0.25) is 0 Å². The van der Waals surface area contributed by atoms with Gasteiger partial charge in [-0.25, -0.2) is 0 Å². The van der Waals surface area contributed by atoms with Crippen molar-refractivity contribution in [3.63, 3.8) is 0 Å². The molecule has 0 N–H and O–H groups in total. The lowest BCUT2D eigenvalue weighted by Gasteiger charge is -2.06. The monoisotopic (exact) mass is 217 g/mol. The summed E-state index contributed by atoms with van der Waals surface area (Å²) < 4.78 is 0. The molecule has 1 rings (SSSR count). The second-order valence-electron chi connectivity index (χ2n) is 2.68. The van der Waals surface area contributed by atoms with Crippen LogP contribution < -0.4 is 4.90 Å². The summed E-state index contributed by atoms with van der Waals surface area (Å²) in [6.45, 7) is 0. The summed E-state index contributed by atoms with van der Waals surface area (Å²) in [6, 6.07) is 0.972. The van der Waals surface area contributed by atoms with Crippen molar-refractivity contribution in [2.75, 3.05) is 19.0 Å². The summed E-state index contributed by atoms with van der Waals surface area (Å²) in [5.74, 6) is 0. The van der Waals surface area contributed by atoms with Gasteiger partial charge in [-0.05, 0) is 11.3 Å². The van der Waals surface area contributed by atoms with Crippen LogP contribution in [0.3, 0.4) is 0 Å². The molecule has 0 radical (unpaired) electrons. The number of nitro groups is 2. The van der Waals surface area contributed by atoms with Crippen molar-refractivity contribution in [1.82, 2.24) is 0 Å². The highest BCUT2D eigenvalue weighted by molar-refractivity contribution is 7.19. The average molecular weight is 217 g/mol. The smallest absolute Gasteiger partial charge is 0.333 e. The Kier molecular flexibility index (Phi) is 2.65. The van der Waals surface area contributed by atoms with Crippen molar-refractivity contribution in [3.05, 3.63) is 26.3 Å². The van der Waals surface area contributed by atoms with Crippen LogP contribution in [0.5, 0.6) is 0 Å². The highest BCUT2D eigenvalue weighted by Crippen LogP contribution is 2.40. The molecule has 0 saturated carbocycles. The Morgan fingerprint density at radius 2 is 1.86 bits per heavy atom. The molecule has 0 saturated heterocycles. The van der Waals surface area contributed by atoms with E-state index in [9.17, 15) is 20.2 Å². The van der Waals surface area contributed by atoms with Crippen LogP contribution in [0.25, 0.3) is 0 Å². The fourth-order valence-electron chi connectivity index (χ4n) is 0.901. The Morgan fingerprint density at radius 1 is 1.29 bits per heavy atom. The summed E-state index contributed by atoms with van der Waals surface area (Å²) >= 11 is 0.789. The van der Waals surface area contributed by atoms with Crippen LogP contribution in [-0.2, 0) is 0 Å². The molecular weight excluding hydrogens is 210 g/mol. The fourth-order valence-corrected chi connectivity index (χ4v) is 1.76. The largest absolute Gasteiger partial charge is 0.364 e. The first-order valence-corrected chi connectivity index (χ1v) is 4.35. The molecule has 0 bridgehead atoms. The molecule has 8 heteroatoms. The van der Waals surface area contributed by atoms with Gasteiger partial charge < -0.3 is 4.90 Å². The maximum absolute atomic E-state index is 10.5. The zero-order chi connectivity index (χ0) is 10.9. The fraction of sp³-hybridized carbons (Fsp3) is 0.333. The van der Waals surface area contributed by atoms with Gasteiger partial charge in [0.1, 0.15) is 6.07 Å². The minimum Gasteiger partial charge on any atom is -0.364 e. The maximum atomic E-state index is 10.5. The lowest BCUT2D eigenvalue weighted by molar-refractivity contribution is -0.389. The van der Waals surface area contributed by atoms with Gasteiger partial charge in [-0.3, -0.25) is 20.2 Å². The zero-order valence-corrected chi connectivity index (χ0v) is 8.28. The lowest BCUT2D eigenvalue weighted by atomic mass is 10.5. The standard InChI is InChI=1S/C6H7N3O4S/c1-7(2)6-4(8(10)11)3-5(14-6)9(12)13/h3H,1-2H3. The van der Waals surface area contributed by atoms with Crippen LogP contribution in [0, 0.1) is 20.2 Å². The normalized spacial score (nSPS) is 9.86. The molecule has 0 aromatic carbocycles. The second kappa shape index (κ2) is 3.58. The molecule has 0 spiro atoms. The van der Waals surface area contributed by atoms with E-state index in [1.165, 1.54) is 4.90 Å². The molecule has 7 nitrogen and oxygen atoms in total. The minimum atomic E-state index is -0.634. The molecule has 0 unspecified atom stereocenters. The molecular formula is C6H7N3O4S. The summed E-state index contributed by atoms with van der Waals surface area (Å²) in [5, 5.41) is 21.0. The molecule has 1 aromatic rings. The zero-order valence-electron chi connectivity index (χ0n) is 7.46. The van der Waals surface area contributed by atoms with Crippen LogP contribution in [-0.4, -0.2) is 23.9 Å². The second-order valence-corrected chi connectivity index (χ2v) is 3.69. The number of anilines is 1. The van der Waals surface area contributed by atoms with Crippen LogP contribution in [0.2, 0.25) is 0 Å². The molecule has 0 amide bonds. The van der Waals surface area contributed by atoms with E-state index in [1.807, 2.05) is 0 Å². The third-order valence-electron chi connectivity index (χ3n) is 1.46. The quantitative estimate of drug-likeness (QED) is 0.567. The average Bonchev–Trinajstić information content (AvgIpc) is 2.47. The topological polar surface area (TPSA) is 89.5 Å². The maximum Gasteiger partial charge on any atom is 0.333 e. The van der Waals surface area contributed by atoms with E-state index in [2.05, 4.69) is 0 Å². The van der Waals surface area contributed by atoms with Gasteiger partial charge >= 0.3 is 10.7 Å². The SMILES string of the molecule is CN(C)c1sc([N+](=O)[O-])cc1[N+](=O)[O-]. The molecule has 0 aliphatic heterocycles. The van der Waals surface area contributed by atoms with Crippen molar-refractivity contribution >= 4 is 27.0 Å². The first kappa shape index (κ1) is 10.4. The molecule has 14 heavy (non-hydrogen) atoms. The van der Waals surface area contributed by atoms with Crippen molar-refractivity contribution < 1.29 is 9.85 Å². The molecule has 1 heterocycles. The Hall–Kier alpha value is -1.70. The van der Waals surface area contributed by atoms with Crippen LogP contribution in [0.4, 0.5) is 15.7 Å². The van der Waals surface area contributed by atoms with Gasteiger partial charge in [-0.1, -0.05) is 0 Å². The van der Waals surface area contributed by atoms with Crippen LogP contribution in [0.1, 0.15) is 0 Å². The van der Waals surface area contributed by atoms with Crippen molar-refractivity contribution in [3.8, 4) is 0 Å². The molecule has 0 fully saturated rings. The van der Waals surface area contributed by atoms with E-state index in [0.29, 0.717) is 0 Å². The number of rotatable bonds is 3. The van der Waals surface area contributed by atoms with Crippen LogP contribution >= 0.6 is 11.3 Å². The van der Waals surface area contributed by atoms with Crippen molar-refractivity contribution in [2.45, 2.75) is 0 Å². The third kappa shape index (κ3) is 1.79. The number of thiophene rings is 1. The van der Waals surface area contributed by atoms with Crippen LogP contribution in [0.15, 0.2) is 6.07 Å². The van der Waals surface area contributed by atoms with E-state index in [-0.39, 0.29) is 15.7 Å².